The molecule has 0 radical (unpaired) electrons. The molecule has 1 fully saturated rings. The molecule has 1 heterocycles. The van der Waals surface area contributed by atoms with Crippen molar-refractivity contribution in [3.63, 3.8) is 0 Å². The first-order chi connectivity index (χ1) is 8.64. The standard InChI is InChI=1S/C12H16N2O4/c15-10(9-4-7-18-14-9)13-8-12(11(16)17)5-2-1-3-6-12/h4,7H,1-3,5-6,8H2,(H,13,15)(H,16,17). The number of carboxylic acid groups (broad SMARTS) is 1. The van der Waals surface area contributed by atoms with Crippen LogP contribution in [0.1, 0.15) is 42.6 Å². The van der Waals surface area contributed by atoms with E-state index in [2.05, 4.69) is 15.0 Å². The van der Waals surface area contributed by atoms with Crippen molar-refractivity contribution >= 4 is 11.9 Å². The third-order valence-electron chi connectivity index (χ3n) is 3.52. The van der Waals surface area contributed by atoms with Crippen molar-refractivity contribution in [2.45, 2.75) is 32.1 Å². The summed E-state index contributed by atoms with van der Waals surface area (Å²) in [6.45, 7) is 0.147. The molecule has 0 aromatic carbocycles. The van der Waals surface area contributed by atoms with Gasteiger partial charge in [0, 0.05) is 12.6 Å². The van der Waals surface area contributed by atoms with Crippen molar-refractivity contribution in [2.75, 3.05) is 6.54 Å². The Morgan fingerprint density at radius 2 is 2.11 bits per heavy atom. The van der Waals surface area contributed by atoms with Crippen LogP contribution in [0.4, 0.5) is 0 Å². The molecule has 1 amide bonds. The number of carbonyl (C=O) groups is 2. The molecule has 1 aromatic rings. The van der Waals surface area contributed by atoms with E-state index in [0.29, 0.717) is 12.8 Å². The summed E-state index contributed by atoms with van der Waals surface area (Å²) >= 11 is 0. The number of amides is 1. The summed E-state index contributed by atoms with van der Waals surface area (Å²) in [7, 11) is 0. The van der Waals surface area contributed by atoms with Crippen LogP contribution in [0.3, 0.4) is 0 Å². The van der Waals surface area contributed by atoms with Gasteiger partial charge < -0.3 is 14.9 Å². The first-order valence-electron chi connectivity index (χ1n) is 6.06. The summed E-state index contributed by atoms with van der Waals surface area (Å²) in [5, 5.41) is 15.5. The molecule has 0 bridgehead atoms. The molecule has 1 aliphatic carbocycles. The minimum absolute atomic E-state index is 0.147. The number of nitrogens with zero attached hydrogens (tertiary/aromatic N) is 1. The molecule has 6 nitrogen and oxygen atoms in total. The predicted octanol–water partition coefficient (Wildman–Crippen LogP) is 1.44. The molecule has 0 atom stereocenters. The Morgan fingerprint density at radius 3 is 2.67 bits per heavy atom. The summed E-state index contributed by atoms with van der Waals surface area (Å²) in [4.78, 5) is 23.1. The van der Waals surface area contributed by atoms with Crippen molar-refractivity contribution in [2.24, 2.45) is 5.41 Å². The van der Waals surface area contributed by atoms with Gasteiger partial charge in [-0.25, -0.2) is 0 Å². The molecule has 0 saturated heterocycles. The van der Waals surface area contributed by atoms with Gasteiger partial charge in [0.25, 0.3) is 5.91 Å². The van der Waals surface area contributed by atoms with Crippen molar-refractivity contribution in [1.82, 2.24) is 10.5 Å². The van der Waals surface area contributed by atoms with E-state index < -0.39 is 17.3 Å². The second-order valence-corrected chi connectivity index (χ2v) is 4.71. The van der Waals surface area contributed by atoms with E-state index in [0.717, 1.165) is 19.3 Å². The minimum Gasteiger partial charge on any atom is -0.481 e. The van der Waals surface area contributed by atoms with Crippen LogP contribution in [-0.2, 0) is 4.79 Å². The smallest absolute Gasteiger partial charge is 0.311 e. The van der Waals surface area contributed by atoms with E-state index in [-0.39, 0.29) is 12.2 Å². The lowest BCUT2D eigenvalue weighted by Gasteiger charge is -2.33. The highest BCUT2D eigenvalue weighted by Crippen LogP contribution is 2.36. The number of hydrogen-bond acceptors (Lipinski definition) is 4. The van der Waals surface area contributed by atoms with Gasteiger partial charge in [0.2, 0.25) is 0 Å². The second-order valence-electron chi connectivity index (χ2n) is 4.71. The molecule has 1 aromatic heterocycles. The lowest BCUT2D eigenvalue weighted by Crippen LogP contribution is -2.44. The molecule has 0 aliphatic heterocycles. The molecular weight excluding hydrogens is 236 g/mol. The zero-order chi connectivity index (χ0) is 13.0. The summed E-state index contributed by atoms with van der Waals surface area (Å²) in [6, 6.07) is 1.45. The molecule has 98 valence electrons. The molecule has 1 saturated carbocycles. The predicted molar refractivity (Wildman–Crippen MR) is 62.0 cm³/mol. The van der Waals surface area contributed by atoms with Crippen LogP contribution >= 0.6 is 0 Å². The van der Waals surface area contributed by atoms with E-state index >= 15 is 0 Å². The van der Waals surface area contributed by atoms with E-state index in [1.165, 1.54) is 12.3 Å². The van der Waals surface area contributed by atoms with Gasteiger partial charge in [-0.15, -0.1) is 0 Å². The quantitative estimate of drug-likeness (QED) is 0.845. The Labute approximate surface area is 104 Å². The molecule has 0 unspecified atom stereocenters. The molecule has 2 rings (SSSR count). The van der Waals surface area contributed by atoms with Crippen molar-refractivity contribution < 1.29 is 19.2 Å². The maximum atomic E-state index is 11.7. The van der Waals surface area contributed by atoms with Gasteiger partial charge in [-0.3, -0.25) is 9.59 Å². The molecule has 18 heavy (non-hydrogen) atoms. The highest BCUT2D eigenvalue weighted by atomic mass is 16.5. The molecular formula is C12H16N2O4. The summed E-state index contributed by atoms with van der Waals surface area (Å²) < 4.78 is 4.57. The minimum atomic E-state index is -0.831. The normalized spacial score (nSPS) is 18.2. The fourth-order valence-corrected chi connectivity index (χ4v) is 2.36. The average molecular weight is 252 g/mol. The number of aliphatic carboxylic acids is 1. The SMILES string of the molecule is O=C(NCC1(C(=O)O)CCCCC1)c1ccon1. The molecule has 1 aliphatic rings. The Balaban J connectivity index is 1.98. The zero-order valence-electron chi connectivity index (χ0n) is 10.0. The number of hydrogen-bond donors (Lipinski definition) is 2. The van der Waals surface area contributed by atoms with E-state index in [1.54, 1.807) is 0 Å². The largest absolute Gasteiger partial charge is 0.481 e. The Bertz CT molecular complexity index is 421. The summed E-state index contributed by atoms with van der Waals surface area (Å²) in [5.41, 5.74) is -0.649. The molecule has 6 heteroatoms. The lowest BCUT2D eigenvalue weighted by atomic mass is 9.74. The maximum absolute atomic E-state index is 11.7. The van der Waals surface area contributed by atoms with Crippen LogP contribution < -0.4 is 5.32 Å². The topological polar surface area (TPSA) is 92.4 Å². The van der Waals surface area contributed by atoms with Gasteiger partial charge in [0.1, 0.15) is 6.26 Å². The van der Waals surface area contributed by atoms with Crippen LogP contribution in [0.5, 0.6) is 0 Å². The number of nitrogens with one attached hydrogen (secondary N) is 1. The number of aromatic nitrogens is 1. The van der Waals surface area contributed by atoms with Gasteiger partial charge >= 0.3 is 5.97 Å². The van der Waals surface area contributed by atoms with Crippen LogP contribution in [0, 0.1) is 5.41 Å². The Kier molecular flexibility index (Phi) is 3.64. The fraction of sp³-hybridized carbons (Fsp3) is 0.583. The van der Waals surface area contributed by atoms with E-state index in [1.807, 2.05) is 0 Å². The third-order valence-corrected chi connectivity index (χ3v) is 3.52. The zero-order valence-corrected chi connectivity index (χ0v) is 10.0. The van der Waals surface area contributed by atoms with Crippen LogP contribution in [0.25, 0.3) is 0 Å². The highest BCUT2D eigenvalue weighted by Gasteiger charge is 2.39. The highest BCUT2D eigenvalue weighted by molar-refractivity contribution is 5.92. The number of carbonyl (C=O) groups excluding carboxylic acids is 1. The molecule has 0 spiro atoms. The van der Waals surface area contributed by atoms with Crippen molar-refractivity contribution in [1.29, 1.82) is 0 Å². The van der Waals surface area contributed by atoms with Crippen molar-refractivity contribution in [3.05, 3.63) is 18.0 Å². The Morgan fingerprint density at radius 1 is 1.39 bits per heavy atom. The third kappa shape index (κ3) is 2.52. The van der Waals surface area contributed by atoms with Gasteiger partial charge in [-0.05, 0) is 12.8 Å². The maximum Gasteiger partial charge on any atom is 0.311 e. The first kappa shape index (κ1) is 12.6. The summed E-state index contributed by atoms with van der Waals surface area (Å²) in [5.74, 6) is -1.22. The number of rotatable bonds is 4. The number of carboxylic acids is 1. The van der Waals surface area contributed by atoms with Gasteiger partial charge in [0.15, 0.2) is 5.69 Å². The summed E-state index contributed by atoms with van der Waals surface area (Å²) in [6.07, 6.45) is 5.38. The monoisotopic (exact) mass is 252 g/mol. The van der Waals surface area contributed by atoms with Gasteiger partial charge in [-0.1, -0.05) is 24.4 Å². The fourth-order valence-electron chi connectivity index (χ4n) is 2.36. The lowest BCUT2D eigenvalue weighted by molar-refractivity contribution is -0.150. The van der Waals surface area contributed by atoms with E-state index in [4.69, 9.17) is 0 Å². The van der Waals surface area contributed by atoms with Crippen LogP contribution in [-0.4, -0.2) is 28.7 Å². The van der Waals surface area contributed by atoms with Crippen molar-refractivity contribution in [3.8, 4) is 0 Å². The van der Waals surface area contributed by atoms with Gasteiger partial charge in [0.05, 0.1) is 5.41 Å². The van der Waals surface area contributed by atoms with Gasteiger partial charge in [-0.2, -0.15) is 0 Å². The average Bonchev–Trinajstić information content (AvgIpc) is 2.91. The first-order valence-corrected chi connectivity index (χ1v) is 6.06. The van der Waals surface area contributed by atoms with Crippen LogP contribution in [0.2, 0.25) is 0 Å². The van der Waals surface area contributed by atoms with Crippen LogP contribution in [0.15, 0.2) is 16.9 Å². The van der Waals surface area contributed by atoms with E-state index in [9.17, 15) is 14.7 Å². The Hall–Kier alpha value is -1.85. The second kappa shape index (κ2) is 5.20. The molecule has 2 N–H and O–H groups in total.